The van der Waals surface area contributed by atoms with Crippen molar-refractivity contribution in [2.24, 2.45) is 0 Å². The molecule has 5 nitrogen and oxygen atoms in total. The Kier molecular flexibility index (Phi) is 3.71. The van der Waals surface area contributed by atoms with Gasteiger partial charge in [-0.15, -0.1) is 0 Å². The number of hydrogen-bond donors (Lipinski definition) is 2. The van der Waals surface area contributed by atoms with E-state index in [0.29, 0.717) is 22.6 Å². The topological polar surface area (TPSA) is 73.1 Å². The molecule has 0 amide bonds. The summed E-state index contributed by atoms with van der Waals surface area (Å²) in [7, 11) is 1.55. The SMILES string of the molecule is COc1ncnc(NCC2CCCS2)c1N. The predicted octanol–water partition coefficient (Wildman–Crippen LogP) is 1.37. The molecule has 0 bridgehead atoms. The highest BCUT2D eigenvalue weighted by Gasteiger charge is 2.16. The second kappa shape index (κ2) is 5.25. The molecule has 16 heavy (non-hydrogen) atoms. The number of aromatic nitrogens is 2. The highest BCUT2D eigenvalue weighted by atomic mass is 32.2. The van der Waals surface area contributed by atoms with Gasteiger partial charge in [-0.05, 0) is 18.6 Å². The number of hydrogen-bond acceptors (Lipinski definition) is 6. The van der Waals surface area contributed by atoms with E-state index in [9.17, 15) is 0 Å². The monoisotopic (exact) mass is 240 g/mol. The minimum Gasteiger partial charge on any atom is -0.479 e. The number of nitrogens with one attached hydrogen (secondary N) is 1. The molecular weight excluding hydrogens is 224 g/mol. The lowest BCUT2D eigenvalue weighted by Crippen LogP contribution is -2.16. The summed E-state index contributed by atoms with van der Waals surface area (Å²) in [5.41, 5.74) is 6.34. The molecule has 3 N–H and O–H groups in total. The molecule has 0 aromatic carbocycles. The van der Waals surface area contributed by atoms with Gasteiger partial charge in [0.05, 0.1) is 7.11 Å². The van der Waals surface area contributed by atoms with Crippen molar-refractivity contribution in [1.82, 2.24) is 9.97 Å². The van der Waals surface area contributed by atoms with E-state index in [4.69, 9.17) is 10.5 Å². The van der Waals surface area contributed by atoms with Gasteiger partial charge in [0.15, 0.2) is 5.82 Å². The van der Waals surface area contributed by atoms with Crippen molar-refractivity contribution < 1.29 is 4.74 Å². The number of thioether (sulfide) groups is 1. The fourth-order valence-electron chi connectivity index (χ4n) is 1.70. The van der Waals surface area contributed by atoms with E-state index in [1.807, 2.05) is 11.8 Å². The van der Waals surface area contributed by atoms with Crippen LogP contribution in [0.5, 0.6) is 5.88 Å². The zero-order valence-corrected chi connectivity index (χ0v) is 10.1. The molecule has 0 aliphatic carbocycles. The summed E-state index contributed by atoms with van der Waals surface area (Å²) in [5, 5.41) is 3.92. The van der Waals surface area contributed by atoms with Crippen molar-refractivity contribution in [2.75, 3.05) is 30.5 Å². The number of methoxy groups -OCH3 is 1. The molecule has 1 aliphatic rings. The van der Waals surface area contributed by atoms with Crippen LogP contribution in [0.1, 0.15) is 12.8 Å². The molecule has 2 heterocycles. The van der Waals surface area contributed by atoms with Crippen LogP contribution in [0.4, 0.5) is 11.5 Å². The number of nitrogen functional groups attached to an aromatic ring is 1. The average molecular weight is 240 g/mol. The van der Waals surface area contributed by atoms with Crippen molar-refractivity contribution in [3.05, 3.63) is 6.33 Å². The van der Waals surface area contributed by atoms with Gasteiger partial charge >= 0.3 is 0 Å². The molecular formula is C10H16N4OS. The molecule has 1 aromatic rings. The standard InChI is InChI=1S/C10H16N4OS/c1-15-10-8(11)9(13-6-14-10)12-5-7-3-2-4-16-7/h6-7H,2-5,11H2,1H3,(H,12,13,14). The van der Waals surface area contributed by atoms with Gasteiger partial charge < -0.3 is 15.8 Å². The van der Waals surface area contributed by atoms with Crippen molar-refractivity contribution in [1.29, 1.82) is 0 Å². The smallest absolute Gasteiger partial charge is 0.242 e. The maximum atomic E-state index is 5.86. The van der Waals surface area contributed by atoms with Crippen LogP contribution in [-0.2, 0) is 0 Å². The maximum Gasteiger partial charge on any atom is 0.242 e. The predicted molar refractivity (Wildman–Crippen MR) is 67.0 cm³/mol. The van der Waals surface area contributed by atoms with Gasteiger partial charge in [-0.25, -0.2) is 4.98 Å². The quantitative estimate of drug-likeness (QED) is 0.828. The molecule has 1 aliphatic heterocycles. The van der Waals surface area contributed by atoms with Crippen molar-refractivity contribution in [3.8, 4) is 5.88 Å². The first-order valence-electron chi connectivity index (χ1n) is 5.31. The molecule has 0 spiro atoms. The molecule has 1 saturated heterocycles. The van der Waals surface area contributed by atoms with Crippen LogP contribution < -0.4 is 15.8 Å². The van der Waals surface area contributed by atoms with E-state index in [0.717, 1.165) is 6.54 Å². The zero-order chi connectivity index (χ0) is 11.4. The summed E-state index contributed by atoms with van der Waals surface area (Å²) in [6.07, 6.45) is 4.03. The Morgan fingerprint density at radius 1 is 1.62 bits per heavy atom. The van der Waals surface area contributed by atoms with Gasteiger partial charge in [0.25, 0.3) is 0 Å². The molecule has 0 radical (unpaired) electrons. The first-order valence-corrected chi connectivity index (χ1v) is 6.36. The van der Waals surface area contributed by atoms with Crippen LogP contribution in [0.15, 0.2) is 6.33 Å². The summed E-state index contributed by atoms with van der Waals surface area (Å²) in [4.78, 5) is 8.05. The Hall–Kier alpha value is -1.17. The lowest BCUT2D eigenvalue weighted by Gasteiger charge is -2.13. The van der Waals surface area contributed by atoms with Crippen LogP contribution in [0.25, 0.3) is 0 Å². The second-order valence-corrected chi connectivity index (χ2v) is 5.07. The zero-order valence-electron chi connectivity index (χ0n) is 9.27. The first kappa shape index (κ1) is 11.3. The molecule has 0 saturated carbocycles. The Bertz CT molecular complexity index is 355. The van der Waals surface area contributed by atoms with Crippen molar-refractivity contribution >= 4 is 23.3 Å². The molecule has 1 aromatic heterocycles. The minimum absolute atomic E-state index is 0.427. The van der Waals surface area contributed by atoms with Gasteiger partial charge in [-0.1, -0.05) is 0 Å². The van der Waals surface area contributed by atoms with E-state index < -0.39 is 0 Å². The number of nitrogens with zero attached hydrogens (tertiary/aromatic N) is 2. The van der Waals surface area contributed by atoms with Crippen LogP contribution in [0, 0.1) is 0 Å². The second-order valence-electron chi connectivity index (χ2n) is 3.66. The molecule has 6 heteroatoms. The molecule has 1 atom stereocenters. The van der Waals surface area contributed by atoms with E-state index in [-0.39, 0.29) is 0 Å². The Labute approximate surface area is 99.2 Å². The Morgan fingerprint density at radius 3 is 3.19 bits per heavy atom. The van der Waals surface area contributed by atoms with Crippen LogP contribution >= 0.6 is 11.8 Å². The lowest BCUT2D eigenvalue weighted by molar-refractivity contribution is 0.399. The van der Waals surface area contributed by atoms with Gasteiger partial charge in [0, 0.05) is 11.8 Å². The molecule has 1 unspecified atom stereocenters. The third-order valence-electron chi connectivity index (χ3n) is 2.56. The van der Waals surface area contributed by atoms with Crippen molar-refractivity contribution in [2.45, 2.75) is 18.1 Å². The highest BCUT2D eigenvalue weighted by molar-refractivity contribution is 8.00. The lowest BCUT2D eigenvalue weighted by atomic mass is 10.2. The van der Waals surface area contributed by atoms with Gasteiger partial charge in [0.2, 0.25) is 5.88 Å². The number of anilines is 2. The normalized spacial score (nSPS) is 19.7. The van der Waals surface area contributed by atoms with E-state index in [1.165, 1.54) is 24.9 Å². The third kappa shape index (κ3) is 2.49. The summed E-state index contributed by atoms with van der Waals surface area (Å²) < 4.78 is 5.04. The molecule has 1 fully saturated rings. The molecule has 88 valence electrons. The van der Waals surface area contributed by atoms with E-state index >= 15 is 0 Å². The number of nitrogens with two attached hydrogens (primary N) is 1. The van der Waals surface area contributed by atoms with Gasteiger partial charge in [0.1, 0.15) is 12.0 Å². The summed E-state index contributed by atoms with van der Waals surface area (Å²) in [5.74, 6) is 2.35. The fraction of sp³-hybridized carbons (Fsp3) is 0.600. The Balaban J connectivity index is 1.97. The minimum atomic E-state index is 0.427. The van der Waals surface area contributed by atoms with Crippen LogP contribution in [0.3, 0.4) is 0 Å². The number of rotatable bonds is 4. The van der Waals surface area contributed by atoms with Crippen LogP contribution in [-0.4, -0.2) is 34.6 Å². The summed E-state index contributed by atoms with van der Waals surface area (Å²) in [6, 6.07) is 0. The van der Waals surface area contributed by atoms with Crippen molar-refractivity contribution in [3.63, 3.8) is 0 Å². The average Bonchev–Trinajstić information content (AvgIpc) is 2.81. The highest BCUT2D eigenvalue weighted by Crippen LogP contribution is 2.28. The van der Waals surface area contributed by atoms with E-state index in [2.05, 4.69) is 15.3 Å². The maximum absolute atomic E-state index is 5.86. The Morgan fingerprint density at radius 2 is 2.50 bits per heavy atom. The largest absolute Gasteiger partial charge is 0.479 e. The third-order valence-corrected chi connectivity index (χ3v) is 3.96. The summed E-state index contributed by atoms with van der Waals surface area (Å²) >= 11 is 2.00. The fourth-order valence-corrected chi connectivity index (χ4v) is 2.90. The first-order chi connectivity index (χ1) is 7.81. The molecule has 2 rings (SSSR count). The van der Waals surface area contributed by atoms with E-state index in [1.54, 1.807) is 7.11 Å². The number of ether oxygens (including phenoxy) is 1. The summed E-state index contributed by atoms with van der Waals surface area (Å²) in [6.45, 7) is 0.898. The van der Waals surface area contributed by atoms with Gasteiger partial charge in [-0.2, -0.15) is 16.7 Å². The van der Waals surface area contributed by atoms with Gasteiger partial charge in [-0.3, -0.25) is 0 Å². The van der Waals surface area contributed by atoms with Crippen LogP contribution in [0.2, 0.25) is 0 Å².